The lowest BCUT2D eigenvalue weighted by Gasteiger charge is -2.28. The van der Waals surface area contributed by atoms with Crippen molar-refractivity contribution < 1.29 is 13.2 Å². The third kappa shape index (κ3) is 5.57. The topological polar surface area (TPSA) is 39.1 Å². The van der Waals surface area contributed by atoms with Gasteiger partial charge < -0.3 is 10.7 Å². The van der Waals surface area contributed by atoms with Crippen molar-refractivity contribution in [3.05, 3.63) is 23.3 Å². The van der Waals surface area contributed by atoms with E-state index in [2.05, 4.69) is 5.32 Å². The van der Waals surface area contributed by atoms with Crippen LogP contribution >= 0.6 is 0 Å². The number of allylic oxidation sites excluding steroid dienone is 2. The van der Waals surface area contributed by atoms with E-state index in [9.17, 15) is 13.2 Å². The Morgan fingerprint density at radius 2 is 1.79 bits per heavy atom. The fourth-order valence-electron chi connectivity index (χ4n) is 1.81. The average Bonchev–Trinajstić information content (AvgIpc) is 2.33. The number of piperazine rings is 1. The normalized spacial score (nSPS) is 19.6. The van der Waals surface area contributed by atoms with Crippen LogP contribution in [0, 0.1) is 5.41 Å². The largest absolute Gasteiger partial charge is 0.412 e. The van der Waals surface area contributed by atoms with E-state index in [1.165, 1.54) is 12.2 Å². The van der Waals surface area contributed by atoms with Gasteiger partial charge in [-0.15, -0.1) is 0 Å². The molecular weight excluding hydrogens is 255 g/mol. The maximum absolute atomic E-state index is 12.8. The number of nitrogens with zero attached hydrogens (tertiary/aromatic N) is 1. The molecule has 108 valence electrons. The van der Waals surface area contributed by atoms with Gasteiger partial charge in [-0.3, -0.25) is 4.90 Å². The molecule has 0 aromatic rings. The lowest BCUT2D eigenvalue weighted by molar-refractivity contribution is -0.0922. The number of hydrogen-bond acceptors (Lipinski definition) is 3. The molecule has 0 bridgehead atoms. The molecule has 19 heavy (non-hydrogen) atoms. The number of rotatable bonds is 4. The van der Waals surface area contributed by atoms with E-state index in [4.69, 9.17) is 5.41 Å². The van der Waals surface area contributed by atoms with Gasteiger partial charge in [-0.1, -0.05) is 6.08 Å². The van der Waals surface area contributed by atoms with Crippen molar-refractivity contribution in [1.82, 2.24) is 10.2 Å². The molecule has 0 radical (unpaired) electrons. The molecule has 6 heteroatoms. The van der Waals surface area contributed by atoms with Gasteiger partial charge in [0.05, 0.1) is 0 Å². The maximum Gasteiger partial charge on any atom is 0.412 e. The van der Waals surface area contributed by atoms with E-state index < -0.39 is 11.7 Å². The maximum atomic E-state index is 12.8. The van der Waals surface area contributed by atoms with Crippen LogP contribution in [0.3, 0.4) is 0 Å². The van der Waals surface area contributed by atoms with Crippen LogP contribution in [0.4, 0.5) is 13.2 Å². The minimum atomic E-state index is -4.32. The summed E-state index contributed by atoms with van der Waals surface area (Å²) in [7, 11) is 0. The molecule has 0 amide bonds. The number of hydrogen-bond donors (Lipinski definition) is 2. The first-order valence-electron chi connectivity index (χ1n) is 6.24. The summed E-state index contributed by atoms with van der Waals surface area (Å²) < 4.78 is 38.4. The van der Waals surface area contributed by atoms with Gasteiger partial charge in [-0.05, 0) is 25.5 Å². The van der Waals surface area contributed by atoms with E-state index in [1.54, 1.807) is 6.92 Å². The van der Waals surface area contributed by atoms with Crippen molar-refractivity contribution in [1.29, 1.82) is 5.41 Å². The molecule has 0 atom stereocenters. The molecule has 0 aromatic heterocycles. The van der Waals surface area contributed by atoms with Gasteiger partial charge in [-0.25, -0.2) is 0 Å². The Labute approximate surface area is 111 Å². The molecule has 0 saturated carbocycles. The highest BCUT2D eigenvalue weighted by Gasteiger charge is 2.32. The van der Waals surface area contributed by atoms with Gasteiger partial charge in [0.2, 0.25) is 0 Å². The Kier molecular flexibility index (Phi) is 5.75. The van der Waals surface area contributed by atoms with Crippen molar-refractivity contribution in [2.75, 3.05) is 32.7 Å². The summed E-state index contributed by atoms with van der Waals surface area (Å²) in [4.78, 5) is 1.99. The molecule has 2 N–H and O–H groups in total. The lowest BCUT2D eigenvalue weighted by atomic mass is 10.1. The van der Waals surface area contributed by atoms with Crippen molar-refractivity contribution >= 4 is 5.71 Å². The fourth-order valence-corrected chi connectivity index (χ4v) is 1.81. The predicted octanol–water partition coefficient (Wildman–Crippen LogP) is 2.37. The smallest absolute Gasteiger partial charge is 0.314 e. The van der Waals surface area contributed by atoms with E-state index in [0.29, 0.717) is 0 Å². The SMILES string of the molecule is CC(=N)/C=C\C(CN1CCNCC1)=C(C)C(F)(F)F. The van der Waals surface area contributed by atoms with Crippen LogP contribution in [-0.2, 0) is 0 Å². The molecule has 1 heterocycles. The van der Waals surface area contributed by atoms with Gasteiger partial charge in [0.1, 0.15) is 0 Å². The highest BCUT2D eigenvalue weighted by Crippen LogP contribution is 2.28. The second-order valence-corrected chi connectivity index (χ2v) is 4.69. The number of nitrogens with one attached hydrogen (secondary N) is 2. The minimum absolute atomic E-state index is 0.237. The molecule has 0 spiro atoms. The minimum Gasteiger partial charge on any atom is -0.314 e. The summed E-state index contributed by atoms with van der Waals surface area (Å²) >= 11 is 0. The van der Waals surface area contributed by atoms with Gasteiger partial charge in [-0.2, -0.15) is 13.2 Å². The zero-order valence-corrected chi connectivity index (χ0v) is 11.3. The Bertz CT molecular complexity index is 377. The highest BCUT2D eigenvalue weighted by molar-refractivity contribution is 5.90. The standard InChI is InChI=1S/C13H20F3N3/c1-10(17)3-4-12(11(2)13(14,15)16)9-19-7-5-18-6-8-19/h3-4,17-18H,5-9H2,1-2H3/b4-3-,12-11?,17-10?. The van der Waals surface area contributed by atoms with Crippen LogP contribution in [-0.4, -0.2) is 49.5 Å². The van der Waals surface area contributed by atoms with Crippen molar-refractivity contribution in [2.24, 2.45) is 0 Å². The molecule has 1 fully saturated rings. The zero-order chi connectivity index (χ0) is 14.5. The Hall–Kier alpha value is -1.14. The third-order valence-electron chi connectivity index (χ3n) is 3.04. The zero-order valence-electron chi connectivity index (χ0n) is 11.3. The predicted molar refractivity (Wildman–Crippen MR) is 70.6 cm³/mol. The second-order valence-electron chi connectivity index (χ2n) is 4.69. The van der Waals surface area contributed by atoms with Crippen molar-refractivity contribution in [3.8, 4) is 0 Å². The third-order valence-corrected chi connectivity index (χ3v) is 3.04. The van der Waals surface area contributed by atoms with Crippen LogP contribution in [0.15, 0.2) is 23.3 Å². The average molecular weight is 275 g/mol. The van der Waals surface area contributed by atoms with E-state index in [0.717, 1.165) is 33.1 Å². The first-order valence-corrected chi connectivity index (χ1v) is 6.24. The summed E-state index contributed by atoms with van der Waals surface area (Å²) in [6.07, 6.45) is -1.50. The van der Waals surface area contributed by atoms with Gasteiger partial charge >= 0.3 is 6.18 Å². The van der Waals surface area contributed by atoms with E-state index >= 15 is 0 Å². The monoisotopic (exact) mass is 275 g/mol. The summed E-state index contributed by atoms with van der Waals surface area (Å²) in [6.45, 7) is 6.00. The Morgan fingerprint density at radius 1 is 1.21 bits per heavy atom. The molecule has 3 nitrogen and oxygen atoms in total. The van der Waals surface area contributed by atoms with Gasteiger partial charge in [0, 0.05) is 44.0 Å². The van der Waals surface area contributed by atoms with E-state index in [-0.39, 0.29) is 17.8 Å². The van der Waals surface area contributed by atoms with Crippen molar-refractivity contribution in [3.63, 3.8) is 0 Å². The molecule has 0 aliphatic carbocycles. The summed E-state index contributed by atoms with van der Waals surface area (Å²) in [5.74, 6) is 0. The molecule has 1 aliphatic rings. The van der Waals surface area contributed by atoms with Crippen molar-refractivity contribution in [2.45, 2.75) is 20.0 Å². The van der Waals surface area contributed by atoms with Crippen LogP contribution in [0.25, 0.3) is 0 Å². The van der Waals surface area contributed by atoms with E-state index in [1.807, 2.05) is 4.90 Å². The first kappa shape index (κ1) is 15.9. The second kappa shape index (κ2) is 6.86. The summed E-state index contributed by atoms with van der Waals surface area (Å²) in [6, 6.07) is 0. The Morgan fingerprint density at radius 3 is 2.26 bits per heavy atom. The fraction of sp³-hybridized carbons (Fsp3) is 0.615. The first-order chi connectivity index (χ1) is 8.80. The van der Waals surface area contributed by atoms with Gasteiger partial charge in [0.15, 0.2) is 0 Å². The van der Waals surface area contributed by atoms with Crippen LogP contribution in [0.2, 0.25) is 0 Å². The van der Waals surface area contributed by atoms with Crippen LogP contribution in [0.1, 0.15) is 13.8 Å². The van der Waals surface area contributed by atoms with Gasteiger partial charge in [0.25, 0.3) is 0 Å². The summed E-state index contributed by atoms with van der Waals surface area (Å²) in [5.41, 5.74) is -0.0997. The number of halogens is 3. The van der Waals surface area contributed by atoms with Crippen LogP contribution < -0.4 is 5.32 Å². The summed E-state index contributed by atoms with van der Waals surface area (Å²) in [5, 5.41) is 10.5. The molecule has 1 rings (SSSR count). The molecule has 1 aliphatic heterocycles. The van der Waals surface area contributed by atoms with Crippen LogP contribution in [0.5, 0.6) is 0 Å². The quantitative estimate of drug-likeness (QED) is 0.611. The number of alkyl halides is 3. The molecule has 1 saturated heterocycles. The lowest BCUT2D eigenvalue weighted by Crippen LogP contribution is -2.44. The molecular formula is C13H20F3N3. The highest BCUT2D eigenvalue weighted by atomic mass is 19.4. The molecule has 0 aromatic carbocycles. The Balaban J connectivity index is 2.88. The molecule has 0 unspecified atom stereocenters.